The Morgan fingerprint density at radius 1 is 1.27 bits per heavy atom. The predicted molar refractivity (Wildman–Crippen MR) is 53.7 cm³/mol. The van der Waals surface area contributed by atoms with Crippen molar-refractivity contribution in [2.75, 3.05) is 0 Å². The molecule has 0 saturated heterocycles. The molecule has 15 heavy (non-hydrogen) atoms. The summed E-state index contributed by atoms with van der Waals surface area (Å²) in [5, 5.41) is 9.93. The average Bonchev–Trinajstić information content (AvgIpc) is 2.15. The van der Waals surface area contributed by atoms with Gasteiger partial charge in [-0.1, -0.05) is 24.3 Å². The summed E-state index contributed by atoms with van der Waals surface area (Å²) in [6.07, 6.45) is 0.151. The lowest BCUT2D eigenvalue weighted by Gasteiger charge is -2.30. The smallest absolute Gasteiger partial charge is 0.269 e. The summed E-state index contributed by atoms with van der Waals surface area (Å²) in [7, 11) is 0. The number of halogens is 2. The molecule has 3 heteroatoms. The first-order valence-corrected chi connectivity index (χ1v) is 4.92. The lowest BCUT2D eigenvalue weighted by Crippen LogP contribution is -2.33. The second-order valence-electron chi connectivity index (χ2n) is 3.98. The molecule has 1 aliphatic rings. The molecule has 0 bridgehead atoms. The third-order valence-electron chi connectivity index (χ3n) is 2.82. The van der Waals surface area contributed by atoms with E-state index in [0.717, 1.165) is 11.1 Å². The summed E-state index contributed by atoms with van der Waals surface area (Å²) in [6, 6.07) is 7.64. The Balaban J connectivity index is 2.29. The van der Waals surface area contributed by atoms with Crippen molar-refractivity contribution in [3.05, 3.63) is 47.5 Å². The Morgan fingerprint density at radius 2 is 1.93 bits per heavy atom. The summed E-state index contributed by atoms with van der Waals surface area (Å²) in [5.41, 5.74) is 0.742. The van der Waals surface area contributed by atoms with Crippen LogP contribution in [0.25, 0.3) is 0 Å². The number of benzene rings is 1. The van der Waals surface area contributed by atoms with Crippen molar-refractivity contribution >= 4 is 0 Å². The SMILES string of the molecule is OC1(C=C(F)F)CCc2ccccc2C1. The van der Waals surface area contributed by atoms with Crippen LogP contribution in [-0.2, 0) is 12.8 Å². The molecule has 0 spiro atoms. The van der Waals surface area contributed by atoms with E-state index in [1.807, 2.05) is 24.3 Å². The molecule has 1 aromatic rings. The lowest BCUT2D eigenvalue weighted by atomic mass is 9.80. The minimum atomic E-state index is -1.81. The second kappa shape index (κ2) is 3.74. The molecule has 80 valence electrons. The quantitative estimate of drug-likeness (QED) is 0.755. The van der Waals surface area contributed by atoms with E-state index in [9.17, 15) is 13.9 Å². The maximum absolute atomic E-state index is 12.1. The molecule has 2 rings (SSSR count). The van der Waals surface area contributed by atoms with Gasteiger partial charge in [0.2, 0.25) is 0 Å². The molecule has 1 nitrogen and oxygen atoms in total. The van der Waals surface area contributed by atoms with Crippen molar-refractivity contribution in [1.82, 2.24) is 0 Å². The van der Waals surface area contributed by atoms with E-state index in [4.69, 9.17) is 0 Å². The van der Waals surface area contributed by atoms with Gasteiger partial charge in [0.05, 0.1) is 5.60 Å². The first kappa shape index (κ1) is 10.3. The van der Waals surface area contributed by atoms with Crippen LogP contribution >= 0.6 is 0 Å². The summed E-state index contributed by atoms with van der Waals surface area (Å²) < 4.78 is 24.3. The molecule has 1 N–H and O–H groups in total. The van der Waals surface area contributed by atoms with Crippen LogP contribution < -0.4 is 0 Å². The predicted octanol–water partition coefficient (Wildman–Crippen LogP) is 2.69. The zero-order chi connectivity index (χ0) is 10.9. The van der Waals surface area contributed by atoms with Crippen LogP contribution in [0.1, 0.15) is 17.5 Å². The first-order chi connectivity index (χ1) is 7.09. The van der Waals surface area contributed by atoms with Crippen LogP contribution in [0.2, 0.25) is 0 Å². The van der Waals surface area contributed by atoms with Crippen molar-refractivity contribution in [1.29, 1.82) is 0 Å². The van der Waals surface area contributed by atoms with E-state index < -0.39 is 11.7 Å². The van der Waals surface area contributed by atoms with Crippen molar-refractivity contribution in [2.24, 2.45) is 0 Å². The van der Waals surface area contributed by atoms with Gasteiger partial charge in [-0.15, -0.1) is 0 Å². The molecule has 0 fully saturated rings. The summed E-state index contributed by atoms with van der Waals surface area (Å²) in [4.78, 5) is 0. The van der Waals surface area contributed by atoms with Gasteiger partial charge in [-0.2, -0.15) is 8.78 Å². The van der Waals surface area contributed by atoms with Gasteiger partial charge in [0.15, 0.2) is 0 Å². The minimum absolute atomic E-state index is 0.278. The van der Waals surface area contributed by atoms with Gasteiger partial charge in [0.1, 0.15) is 0 Å². The fourth-order valence-corrected chi connectivity index (χ4v) is 2.07. The second-order valence-corrected chi connectivity index (χ2v) is 3.98. The van der Waals surface area contributed by atoms with Gasteiger partial charge in [0, 0.05) is 12.5 Å². The van der Waals surface area contributed by atoms with Gasteiger partial charge in [-0.25, -0.2) is 0 Å². The number of aryl methyl sites for hydroxylation is 1. The van der Waals surface area contributed by atoms with Crippen molar-refractivity contribution in [2.45, 2.75) is 24.9 Å². The molecule has 1 aliphatic carbocycles. The van der Waals surface area contributed by atoms with Gasteiger partial charge >= 0.3 is 0 Å². The van der Waals surface area contributed by atoms with E-state index in [1.165, 1.54) is 0 Å². The highest BCUT2D eigenvalue weighted by Crippen LogP contribution is 2.30. The number of rotatable bonds is 1. The summed E-state index contributed by atoms with van der Waals surface area (Å²) in [6.45, 7) is 0. The molecule has 0 aliphatic heterocycles. The fraction of sp³-hybridized carbons (Fsp3) is 0.333. The standard InChI is InChI=1S/C12H12F2O/c13-11(14)8-12(15)6-5-9-3-1-2-4-10(9)7-12/h1-4,8,15H,5-7H2. The molecule has 1 aromatic carbocycles. The van der Waals surface area contributed by atoms with Crippen LogP contribution in [0, 0.1) is 0 Å². The Kier molecular flexibility index (Phi) is 2.57. The number of aliphatic hydroxyl groups is 1. The van der Waals surface area contributed by atoms with E-state index in [2.05, 4.69) is 0 Å². The molecular weight excluding hydrogens is 198 g/mol. The van der Waals surface area contributed by atoms with Crippen LogP contribution in [-0.4, -0.2) is 10.7 Å². The largest absolute Gasteiger partial charge is 0.385 e. The van der Waals surface area contributed by atoms with Crippen LogP contribution in [0.3, 0.4) is 0 Å². The molecule has 0 amide bonds. The number of hydrogen-bond acceptors (Lipinski definition) is 1. The molecule has 0 aromatic heterocycles. The third kappa shape index (κ3) is 2.23. The maximum atomic E-state index is 12.1. The zero-order valence-corrected chi connectivity index (χ0v) is 8.21. The average molecular weight is 210 g/mol. The Morgan fingerprint density at radius 3 is 2.60 bits per heavy atom. The van der Waals surface area contributed by atoms with Crippen molar-refractivity contribution in [3.63, 3.8) is 0 Å². The molecule has 0 radical (unpaired) electrons. The van der Waals surface area contributed by atoms with E-state index in [-0.39, 0.29) is 6.42 Å². The molecular formula is C12H12F2O. The van der Waals surface area contributed by atoms with Gasteiger partial charge < -0.3 is 5.11 Å². The topological polar surface area (TPSA) is 20.2 Å². The maximum Gasteiger partial charge on any atom is 0.269 e. The first-order valence-electron chi connectivity index (χ1n) is 4.92. The monoisotopic (exact) mass is 210 g/mol. The van der Waals surface area contributed by atoms with Crippen molar-refractivity contribution < 1.29 is 13.9 Å². The third-order valence-corrected chi connectivity index (χ3v) is 2.82. The van der Waals surface area contributed by atoms with Crippen LogP contribution in [0.15, 0.2) is 36.4 Å². The highest BCUT2D eigenvalue weighted by atomic mass is 19.3. The minimum Gasteiger partial charge on any atom is -0.385 e. The van der Waals surface area contributed by atoms with E-state index >= 15 is 0 Å². The van der Waals surface area contributed by atoms with Crippen LogP contribution in [0.4, 0.5) is 8.78 Å². The van der Waals surface area contributed by atoms with Gasteiger partial charge in [-0.05, 0) is 24.0 Å². The van der Waals surface area contributed by atoms with E-state index in [0.29, 0.717) is 18.9 Å². The van der Waals surface area contributed by atoms with Crippen LogP contribution in [0.5, 0.6) is 0 Å². The normalized spacial score (nSPS) is 24.5. The highest BCUT2D eigenvalue weighted by molar-refractivity contribution is 5.33. The molecule has 1 unspecified atom stereocenters. The Hall–Kier alpha value is -1.22. The molecule has 0 heterocycles. The Bertz CT molecular complexity index is 396. The highest BCUT2D eigenvalue weighted by Gasteiger charge is 2.30. The fourth-order valence-electron chi connectivity index (χ4n) is 2.07. The molecule has 1 atom stereocenters. The zero-order valence-electron chi connectivity index (χ0n) is 8.21. The lowest BCUT2D eigenvalue weighted by molar-refractivity contribution is 0.0716. The van der Waals surface area contributed by atoms with Gasteiger partial charge in [0.25, 0.3) is 6.08 Å². The van der Waals surface area contributed by atoms with Gasteiger partial charge in [-0.3, -0.25) is 0 Å². The van der Waals surface area contributed by atoms with Crippen molar-refractivity contribution in [3.8, 4) is 0 Å². The summed E-state index contributed by atoms with van der Waals surface area (Å²) >= 11 is 0. The Labute approximate surface area is 87.1 Å². The molecule has 0 saturated carbocycles. The van der Waals surface area contributed by atoms with E-state index in [1.54, 1.807) is 0 Å². The number of fused-ring (bicyclic) bond motifs is 1. The summed E-state index contributed by atoms with van der Waals surface area (Å²) in [5.74, 6) is 0. The number of hydrogen-bond donors (Lipinski definition) is 1.